The van der Waals surface area contributed by atoms with Crippen LogP contribution >= 0.6 is 0 Å². The molecule has 2 bridgehead atoms. The minimum atomic E-state index is -4.68. The molecule has 0 aromatic heterocycles. The van der Waals surface area contributed by atoms with Crippen LogP contribution in [0.4, 0.5) is 18.9 Å². The Bertz CT molecular complexity index is 2200. The number of ketones is 1. The number of anilines is 1. The summed E-state index contributed by atoms with van der Waals surface area (Å²) in [5, 5.41) is 3.41. The third-order valence-electron chi connectivity index (χ3n) is 10.6. The number of carbonyl (C=O) groups is 3. The highest BCUT2D eigenvalue weighted by molar-refractivity contribution is 6.34. The Balaban J connectivity index is 1.47. The van der Waals surface area contributed by atoms with E-state index in [1.807, 2.05) is 109 Å². The van der Waals surface area contributed by atoms with Gasteiger partial charge < -0.3 is 0 Å². The third kappa shape index (κ3) is 3.21. The quantitative estimate of drug-likeness (QED) is 0.148. The summed E-state index contributed by atoms with van der Waals surface area (Å²) in [6, 6.07) is 38.0. The Labute approximate surface area is 267 Å². The van der Waals surface area contributed by atoms with Gasteiger partial charge >= 0.3 is 6.18 Å². The molecule has 228 valence electrons. The maximum absolute atomic E-state index is 15.8. The molecule has 2 unspecified atom stereocenters. The van der Waals surface area contributed by atoms with Crippen LogP contribution < -0.4 is 4.90 Å². The van der Waals surface area contributed by atoms with Crippen LogP contribution in [0.2, 0.25) is 0 Å². The summed E-state index contributed by atoms with van der Waals surface area (Å²) in [7, 11) is 0. The first kappa shape index (κ1) is 27.7. The van der Waals surface area contributed by atoms with Crippen molar-refractivity contribution in [2.75, 3.05) is 4.90 Å². The molecule has 1 heterocycles. The molecule has 0 N–H and O–H groups in total. The molecule has 0 radical (unpaired) electrons. The van der Waals surface area contributed by atoms with Crippen molar-refractivity contribution < 1.29 is 27.6 Å². The zero-order valence-electron chi connectivity index (χ0n) is 24.7. The van der Waals surface area contributed by atoms with Gasteiger partial charge in [0, 0.05) is 0 Å². The molecule has 4 nitrogen and oxygen atoms in total. The molecule has 47 heavy (non-hydrogen) atoms. The molecule has 7 heteroatoms. The summed E-state index contributed by atoms with van der Waals surface area (Å²) < 4.78 is 41.6. The molecule has 6 aromatic rings. The Hall–Kier alpha value is -5.56. The molecule has 2 aliphatic carbocycles. The minimum Gasteiger partial charge on any atom is -0.297 e. The fraction of sp³-hybridized carbons (Fsp3) is 0.125. The van der Waals surface area contributed by atoms with E-state index in [-0.39, 0.29) is 11.5 Å². The summed E-state index contributed by atoms with van der Waals surface area (Å²) in [6.45, 7) is 0. The number of imide groups is 1. The van der Waals surface area contributed by atoms with E-state index in [9.17, 15) is 22.8 Å². The molecule has 0 spiro atoms. The molecule has 6 aromatic carbocycles. The number of rotatable bonds is 3. The number of benzene rings is 6. The highest BCUT2D eigenvalue weighted by Gasteiger charge is 2.82. The van der Waals surface area contributed by atoms with Crippen molar-refractivity contribution >= 4 is 44.8 Å². The number of carbonyl (C=O) groups excluding carboxylic acids is 3. The molecule has 1 saturated carbocycles. The van der Waals surface area contributed by atoms with Crippen molar-refractivity contribution in [2.45, 2.75) is 17.0 Å². The van der Waals surface area contributed by atoms with E-state index in [2.05, 4.69) is 0 Å². The van der Waals surface area contributed by atoms with E-state index in [1.165, 1.54) is 12.1 Å². The summed E-state index contributed by atoms with van der Waals surface area (Å²) in [5.74, 6) is -4.03. The van der Waals surface area contributed by atoms with Crippen LogP contribution in [-0.2, 0) is 31.4 Å². The predicted molar refractivity (Wildman–Crippen MR) is 172 cm³/mol. The van der Waals surface area contributed by atoms with Gasteiger partial charge in [-0.25, -0.2) is 4.90 Å². The number of hydrogen-bond acceptors (Lipinski definition) is 3. The monoisotopic (exact) mass is 623 g/mol. The van der Waals surface area contributed by atoms with Crippen molar-refractivity contribution in [1.29, 1.82) is 0 Å². The number of Topliss-reactive ketones (excluding diaryl/α,β-unsaturated/α-hetero) is 1. The molecule has 4 atom stereocenters. The summed E-state index contributed by atoms with van der Waals surface area (Å²) in [6.07, 6.45) is -4.68. The average molecular weight is 624 g/mol. The van der Waals surface area contributed by atoms with Crippen LogP contribution in [0, 0.1) is 11.8 Å². The number of hydrogen-bond donors (Lipinski definition) is 0. The summed E-state index contributed by atoms with van der Waals surface area (Å²) >= 11 is 0. The van der Waals surface area contributed by atoms with Crippen molar-refractivity contribution in [3.05, 3.63) is 161 Å². The van der Waals surface area contributed by atoms with E-state index >= 15 is 4.79 Å². The van der Waals surface area contributed by atoms with Gasteiger partial charge in [-0.15, -0.1) is 0 Å². The first-order chi connectivity index (χ1) is 22.7. The number of alkyl halides is 3. The Kier molecular flexibility index (Phi) is 5.46. The second-order valence-corrected chi connectivity index (χ2v) is 12.5. The predicted octanol–water partition coefficient (Wildman–Crippen LogP) is 7.99. The maximum Gasteiger partial charge on any atom is 0.416 e. The van der Waals surface area contributed by atoms with E-state index in [0.29, 0.717) is 22.3 Å². The van der Waals surface area contributed by atoms with Gasteiger partial charge in [-0.05, 0) is 62.0 Å². The molecule has 9 rings (SSSR count). The topological polar surface area (TPSA) is 54.5 Å². The van der Waals surface area contributed by atoms with Crippen molar-refractivity contribution in [2.24, 2.45) is 11.8 Å². The zero-order chi connectivity index (χ0) is 32.3. The van der Waals surface area contributed by atoms with Crippen LogP contribution in [0.3, 0.4) is 0 Å². The Morgan fingerprint density at radius 3 is 1.38 bits per heavy atom. The average Bonchev–Trinajstić information content (AvgIpc) is 3.61. The van der Waals surface area contributed by atoms with Crippen molar-refractivity contribution in [1.82, 2.24) is 0 Å². The van der Waals surface area contributed by atoms with E-state index in [1.54, 1.807) is 0 Å². The molecule has 2 amide bonds. The van der Waals surface area contributed by atoms with Crippen molar-refractivity contribution in [3.8, 4) is 0 Å². The van der Waals surface area contributed by atoms with Gasteiger partial charge in [0.1, 0.15) is 0 Å². The van der Waals surface area contributed by atoms with E-state index in [4.69, 9.17) is 0 Å². The zero-order valence-corrected chi connectivity index (χ0v) is 24.7. The van der Waals surface area contributed by atoms with Gasteiger partial charge in [0.05, 0.1) is 33.9 Å². The number of amides is 2. The lowest BCUT2D eigenvalue weighted by atomic mass is 9.59. The highest BCUT2D eigenvalue weighted by Crippen LogP contribution is 2.72. The molecular formula is C40H24F3NO3. The fourth-order valence-corrected chi connectivity index (χ4v) is 9.02. The lowest BCUT2D eigenvalue weighted by Gasteiger charge is -2.38. The van der Waals surface area contributed by atoms with Crippen LogP contribution in [-0.4, -0.2) is 17.6 Å². The van der Waals surface area contributed by atoms with Gasteiger partial charge in [0.25, 0.3) is 0 Å². The Morgan fingerprint density at radius 1 is 0.511 bits per heavy atom. The van der Waals surface area contributed by atoms with Gasteiger partial charge in [-0.1, -0.05) is 115 Å². The van der Waals surface area contributed by atoms with Crippen LogP contribution in [0.25, 0.3) is 21.5 Å². The van der Waals surface area contributed by atoms with Gasteiger partial charge in [-0.2, -0.15) is 13.2 Å². The van der Waals surface area contributed by atoms with E-state index in [0.717, 1.165) is 38.6 Å². The van der Waals surface area contributed by atoms with Gasteiger partial charge in [0.15, 0.2) is 5.78 Å². The second kappa shape index (κ2) is 9.26. The van der Waals surface area contributed by atoms with E-state index < -0.39 is 46.2 Å². The SMILES string of the molecule is O=C1C2C(C(=O)N1c1cccc(C(F)(F)F)c1)[C@@]1(c3ccccc3)C(=O)[C@]2(c2ccccc2)c2c1c1ccccc1c1ccccc21. The van der Waals surface area contributed by atoms with Crippen LogP contribution in [0.5, 0.6) is 0 Å². The van der Waals surface area contributed by atoms with Gasteiger partial charge in [0.2, 0.25) is 11.8 Å². The van der Waals surface area contributed by atoms with Gasteiger partial charge in [-0.3, -0.25) is 14.4 Å². The second-order valence-electron chi connectivity index (χ2n) is 12.5. The van der Waals surface area contributed by atoms with Crippen LogP contribution in [0.15, 0.2) is 133 Å². The molecule has 1 saturated heterocycles. The lowest BCUT2D eigenvalue weighted by molar-refractivity contribution is -0.137. The minimum absolute atomic E-state index is 0.165. The fourth-order valence-electron chi connectivity index (χ4n) is 9.02. The van der Waals surface area contributed by atoms with Crippen molar-refractivity contribution in [3.63, 3.8) is 0 Å². The first-order valence-corrected chi connectivity index (χ1v) is 15.4. The highest BCUT2D eigenvalue weighted by atomic mass is 19.4. The molecule has 1 aliphatic heterocycles. The standard InChI is InChI=1S/C40H24F3NO3/c41-40(42,43)25-16-11-17-26(22-25)44-35(45)33-34(36(44)46)39(24-14-5-2-6-15-24)32-30-21-10-8-19-28(30)27-18-7-9-20-29(27)31(32)38(33,37(39)47)23-12-3-1-4-13-23/h1-22,33-34H/t33?,34?,38-,39+. The lowest BCUT2D eigenvalue weighted by Crippen LogP contribution is -2.45. The largest absolute Gasteiger partial charge is 0.416 e. The smallest absolute Gasteiger partial charge is 0.297 e. The summed E-state index contributed by atoms with van der Waals surface area (Å²) in [5.41, 5.74) is -1.81. The maximum atomic E-state index is 15.8. The first-order valence-electron chi connectivity index (χ1n) is 15.4. The number of nitrogens with zero attached hydrogens (tertiary/aromatic N) is 1. The number of fused-ring (bicyclic) bond motifs is 13. The third-order valence-corrected chi connectivity index (χ3v) is 10.6. The summed E-state index contributed by atoms with van der Waals surface area (Å²) in [4.78, 5) is 46.6. The molecular weight excluding hydrogens is 599 g/mol. The molecule has 3 aliphatic rings. The number of halogens is 3. The molecule has 2 fully saturated rings. The normalized spacial score (nSPS) is 24.7. The Morgan fingerprint density at radius 2 is 0.936 bits per heavy atom. The van der Waals surface area contributed by atoms with Crippen LogP contribution in [0.1, 0.15) is 27.8 Å².